The molecule has 3 rings (SSSR count). The van der Waals surface area contributed by atoms with Crippen LogP contribution >= 0.6 is 0 Å². The molecule has 0 aromatic heterocycles. The van der Waals surface area contributed by atoms with Gasteiger partial charge < -0.3 is 9.47 Å². The van der Waals surface area contributed by atoms with Crippen molar-refractivity contribution in [1.29, 1.82) is 0 Å². The monoisotopic (exact) mass is 329 g/mol. The van der Waals surface area contributed by atoms with Gasteiger partial charge in [-0.3, -0.25) is 14.5 Å². The van der Waals surface area contributed by atoms with E-state index in [-0.39, 0.29) is 30.7 Å². The number of benzene rings is 2. The van der Waals surface area contributed by atoms with Crippen molar-refractivity contribution in [2.75, 3.05) is 19.8 Å². The summed E-state index contributed by atoms with van der Waals surface area (Å²) in [5.74, 6) is -0.476. The van der Waals surface area contributed by atoms with E-state index in [1.165, 1.54) is 18.2 Å². The fraction of sp³-hybridized carbons (Fsp3) is 0.222. The second-order valence-electron chi connectivity index (χ2n) is 5.18. The molecule has 0 atom stereocenters. The minimum atomic E-state index is -0.450. The van der Waals surface area contributed by atoms with Crippen LogP contribution in [0, 0.1) is 5.82 Å². The van der Waals surface area contributed by atoms with Gasteiger partial charge in [0.05, 0.1) is 24.3 Å². The minimum Gasteiger partial charge on any atom is -0.490 e. The third-order valence-corrected chi connectivity index (χ3v) is 3.66. The van der Waals surface area contributed by atoms with Crippen molar-refractivity contribution in [3.05, 3.63) is 59.4 Å². The molecule has 1 aliphatic heterocycles. The predicted molar refractivity (Wildman–Crippen MR) is 84.9 cm³/mol. The zero-order valence-electron chi connectivity index (χ0n) is 13.1. The van der Waals surface area contributed by atoms with Crippen molar-refractivity contribution in [1.82, 2.24) is 4.90 Å². The van der Waals surface area contributed by atoms with Crippen LogP contribution in [-0.4, -0.2) is 36.5 Å². The molecule has 24 heavy (non-hydrogen) atoms. The lowest BCUT2D eigenvalue weighted by Gasteiger charge is -2.16. The van der Waals surface area contributed by atoms with Crippen LogP contribution in [0.3, 0.4) is 0 Å². The molecule has 0 aliphatic carbocycles. The number of carbonyl (C=O) groups is 2. The number of imide groups is 1. The Labute approximate surface area is 138 Å². The summed E-state index contributed by atoms with van der Waals surface area (Å²) in [6.07, 6.45) is 0. The lowest BCUT2D eigenvalue weighted by molar-refractivity contribution is 0.0630. The Kier molecular flexibility index (Phi) is 4.46. The summed E-state index contributed by atoms with van der Waals surface area (Å²) in [7, 11) is 0. The van der Waals surface area contributed by atoms with Gasteiger partial charge in [0.2, 0.25) is 0 Å². The highest BCUT2D eigenvalue weighted by atomic mass is 19.1. The molecule has 6 heteroatoms. The molecular formula is C18H16FNO4. The first-order valence-electron chi connectivity index (χ1n) is 7.62. The van der Waals surface area contributed by atoms with Crippen LogP contribution in [0.2, 0.25) is 0 Å². The van der Waals surface area contributed by atoms with Gasteiger partial charge in [-0.1, -0.05) is 12.1 Å². The average Bonchev–Trinajstić information content (AvgIpc) is 2.82. The SMILES string of the molecule is CCOc1ccc(F)cc1OCCN1C(=O)c2ccccc2C1=O. The lowest BCUT2D eigenvalue weighted by Crippen LogP contribution is -2.33. The van der Waals surface area contributed by atoms with E-state index in [2.05, 4.69) is 0 Å². The molecule has 124 valence electrons. The molecule has 2 amide bonds. The smallest absolute Gasteiger partial charge is 0.261 e. The minimum absolute atomic E-state index is 0.0506. The standard InChI is InChI=1S/C18H16FNO4/c1-2-23-15-8-7-12(19)11-16(15)24-10-9-20-17(21)13-5-3-4-6-14(13)18(20)22/h3-8,11H,2,9-10H2,1H3. The number of hydrogen-bond acceptors (Lipinski definition) is 4. The molecule has 2 aromatic carbocycles. The van der Waals surface area contributed by atoms with Crippen LogP contribution in [0.15, 0.2) is 42.5 Å². The molecule has 0 saturated heterocycles. The molecule has 0 spiro atoms. The highest BCUT2D eigenvalue weighted by molar-refractivity contribution is 6.21. The normalized spacial score (nSPS) is 13.2. The number of ether oxygens (including phenoxy) is 2. The van der Waals surface area contributed by atoms with Crippen LogP contribution in [-0.2, 0) is 0 Å². The zero-order valence-corrected chi connectivity index (χ0v) is 13.1. The Balaban J connectivity index is 1.67. The number of halogens is 1. The van der Waals surface area contributed by atoms with Gasteiger partial charge in [-0.15, -0.1) is 0 Å². The topological polar surface area (TPSA) is 55.8 Å². The van der Waals surface area contributed by atoms with E-state index in [0.717, 1.165) is 4.90 Å². The second-order valence-corrected chi connectivity index (χ2v) is 5.18. The quantitative estimate of drug-likeness (QED) is 0.765. The molecule has 0 saturated carbocycles. The molecule has 0 fully saturated rings. The Morgan fingerprint density at radius 1 is 0.958 bits per heavy atom. The molecule has 2 aromatic rings. The fourth-order valence-corrected chi connectivity index (χ4v) is 2.56. The largest absolute Gasteiger partial charge is 0.490 e. The van der Waals surface area contributed by atoms with Crippen molar-refractivity contribution in [3.8, 4) is 11.5 Å². The number of nitrogens with zero attached hydrogens (tertiary/aromatic N) is 1. The van der Waals surface area contributed by atoms with E-state index in [0.29, 0.717) is 23.5 Å². The Morgan fingerprint density at radius 2 is 1.62 bits per heavy atom. The van der Waals surface area contributed by atoms with Crippen LogP contribution in [0.1, 0.15) is 27.6 Å². The Bertz CT molecular complexity index is 755. The Hall–Kier alpha value is -2.89. The van der Waals surface area contributed by atoms with Gasteiger partial charge in [-0.05, 0) is 31.2 Å². The highest BCUT2D eigenvalue weighted by Crippen LogP contribution is 2.28. The van der Waals surface area contributed by atoms with Gasteiger partial charge in [0.25, 0.3) is 11.8 Å². The van der Waals surface area contributed by atoms with Crippen LogP contribution in [0.5, 0.6) is 11.5 Å². The summed E-state index contributed by atoms with van der Waals surface area (Å²) in [5.41, 5.74) is 0.784. The summed E-state index contributed by atoms with van der Waals surface area (Å²) in [6.45, 7) is 2.36. The summed E-state index contributed by atoms with van der Waals surface area (Å²) in [5, 5.41) is 0. The highest BCUT2D eigenvalue weighted by Gasteiger charge is 2.34. The van der Waals surface area contributed by atoms with E-state index in [4.69, 9.17) is 9.47 Å². The first-order chi connectivity index (χ1) is 11.6. The van der Waals surface area contributed by atoms with E-state index in [1.807, 2.05) is 6.92 Å². The van der Waals surface area contributed by atoms with Crippen molar-refractivity contribution in [2.45, 2.75) is 6.92 Å². The van der Waals surface area contributed by atoms with E-state index in [9.17, 15) is 14.0 Å². The fourth-order valence-electron chi connectivity index (χ4n) is 2.56. The van der Waals surface area contributed by atoms with Crippen LogP contribution < -0.4 is 9.47 Å². The van der Waals surface area contributed by atoms with Gasteiger partial charge in [0, 0.05) is 6.07 Å². The van der Waals surface area contributed by atoms with E-state index < -0.39 is 5.82 Å². The maximum Gasteiger partial charge on any atom is 0.261 e. The lowest BCUT2D eigenvalue weighted by atomic mass is 10.1. The predicted octanol–water partition coefficient (Wildman–Crippen LogP) is 2.90. The van der Waals surface area contributed by atoms with Gasteiger partial charge in [0.1, 0.15) is 12.4 Å². The van der Waals surface area contributed by atoms with Crippen LogP contribution in [0.4, 0.5) is 4.39 Å². The molecule has 1 heterocycles. The summed E-state index contributed by atoms with van der Waals surface area (Å²) in [4.78, 5) is 25.6. The zero-order chi connectivity index (χ0) is 17.1. The average molecular weight is 329 g/mol. The van der Waals surface area contributed by atoms with Crippen molar-refractivity contribution in [2.24, 2.45) is 0 Å². The van der Waals surface area contributed by atoms with Crippen molar-refractivity contribution < 1.29 is 23.5 Å². The van der Waals surface area contributed by atoms with Gasteiger partial charge in [0.15, 0.2) is 11.5 Å². The van der Waals surface area contributed by atoms with E-state index >= 15 is 0 Å². The molecule has 0 bridgehead atoms. The van der Waals surface area contributed by atoms with Crippen LogP contribution in [0.25, 0.3) is 0 Å². The second kappa shape index (κ2) is 6.70. The maximum atomic E-state index is 13.4. The molecular weight excluding hydrogens is 313 g/mol. The summed E-state index contributed by atoms with van der Waals surface area (Å²) >= 11 is 0. The number of amides is 2. The summed E-state index contributed by atoms with van der Waals surface area (Å²) in [6, 6.07) is 10.6. The number of fused-ring (bicyclic) bond motifs is 1. The number of carbonyl (C=O) groups excluding carboxylic acids is 2. The first kappa shape index (κ1) is 16.0. The molecule has 0 radical (unpaired) electrons. The molecule has 1 aliphatic rings. The molecule has 0 unspecified atom stereocenters. The number of hydrogen-bond donors (Lipinski definition) is 0. The maximum absolute atomic E-state index is 13.4. The third-order valence-electron chi connectivity index (χ3n) is 3.66. The van der Waals surface area contributed by atoms with E-state index in [1.54, 1.807) is 24.3 Å². The Morgan fingerprint density at radius 3 is 2.25 bits per heavy atom. The number of rotatable bonds is 6. The van der Waals surface area contributed by atoms with Gasteiger partial charge >= 0.3 is 0 Å². The summed E-state index contributed by atoms with van der Waals surface area (Å²) < 4.78 is 24.2. The third kappa shape index (κ3) is 2.95. The first-order valence-corrected chi connectivity index (χ1v) is 7.62. The van der Waals surface area contributed by atoms with Gasteiger partial charge in [-0.25, -0.2) is 4.39 Å². The molecule has 0 N–H and O–H groups in total. The van der Waals surface area contributed by atoms with Crippen molar-refractivity contribution in [3.63, 3.8) is 0 Å². The van der Waals surface area contributed by atoms with Crippen molar-refractivity contribution >= 4 is 11.8 Å². The van der Waals surface area contributed by atoms with Gasteiger partial charge in [-0.2, -0.15) is 0 Å². The molecule has 5 nitrogen and oxygen atoms in total.